The summed E-state index contributed by atoms with van der Waals surface area (Å²) in [6.07, 6.45) is 0.348. The van der Waals surface area contributed by atoms with Crippen molar-refractivity contribution in [2.45, 2.75) is 58.5 Å². The Kier molecular flexibility index (Phi) is 11.8. The monoisotopic (exact) mass is 613 g/mol. The summed E-state index contributed by atoms with van der Waals surface area (Å²) < 4.78 is 35.0. The summed E-state index contributed by atoms with van der Waals surface area (Å²) in [7, 11) is -4.25. The van der Waals surface area contributed by atoms with Crippen LogP contribution in [-0.2, 0) is 26.2 Å². The Morgan fingerprint density at radius 1 is 0.976 bits per heavy atom. The zero-order valence-electron chi connectivity index (χ0n) is 24.8. The van der Waals surface area contributed by atoms with Crippen molar-refractivity contribution >= 4 is 39.1 Å². The Bertz CT molecular complexity index is 1460. The third kappa shape index (κ3) is 8.49. The number of nitrogens with one attached hydrogen (secondary N) is 1. The molecule has 1 atom stereocenters. The first-order valence-corrected chi connectivity index (χ1v) is 15.9. The van der Waals surface area contributed by atoms with E-state index in [0.29, 0.717) is 30.3 Å². The van der Waals surface area contributed by atoms with Crippen LogP contribution in [0.15, 0.2) is 77.7 Å². The van der Waals surface area contributed by atoms with Crippen LogP contribution in [0, 0.1) is 12.8 Å². The van der Waals surface area contributed by atoms with E-state index in [4.69, 9.17) is 16.3 Å². The summed E-state index contributed by atoms with van der Waals surface area (Å²) in [5, 5.41) is 3.32. The van der Waals surface area contributed by atoms with Crippen molar-refractivity contribution in [2.24, 2.45) is 5.92 Å². The van der Waals surface area contributed by atoms with Gasteiger partial charge in [0.05, 0.1) is 17.2 Å². The zero-order chi connectivity index (χ0) is 30.9. The van der Waals surface area contributed by atoms with Crippen LogP contribution in [0.5, 0.6) is 5.75 Å². The molecule has 0 spiro atoms. The molecule has 0 radical (unpaired) electrons. The number of sulfonamides is 1. The number of hydrogen-bond donors (Lipinski definition) is 1. The molecule has 0 heterocycles. The number of halogens is 1. The number of carbonyl (C=O) groups excluding carboxylic acids is 2. The number of para-hydroxylation sites is 2. The standard InChI is InChI=1S/C32H40ClN3O5S/c1-6-28(32(38)34-20-23(3)4)35(21-25-12-10-11-24(5)19-25)31(37)22-36(29-13-8-9-14-30(29)41-7-2)42(39,40)27-17-15-26(33)16-18-27/h8-19,23,28H,6-7,20-22H2,1-5H3,(H,34,38). The smallest absolute Gasteiger partial charge is 0.264 e. The molecule has 0 bridgehead atoms. The lowest BCUT2D eigenvalue weighted by Gasteiger charge is -2.33. The molecule has 0 aromatic heterocycles. The van der Waals surface area contributed by atoms with Crippen LogP contribution in [-0.4, -0.2) is 50.9 Å². The largest absolute Gasteiger partial charge is 0.492 e. The normalized spacial score (nSPS) is 12.1. The fraction of sp³-hybridized carbons (Fsp3) is 0.375. The van der Waals surface area contributed by atoms with Gasteiger partial charge in [0.25, 0.3) is 10.0 Å². The molecule has 0 saturated heterocycles. The number of amides is 2. The van der Waals surface area contributed by atoms with Crippen LogP contribution < -0.4 is 14.4 Å². The van der Waals surface area contributed by atoms with E-state index < -0.39 is 28.5 Å². The lowest BCUT2D eigenvalue weighted by Crippen LogP contribution is -2.52. The van der Waals surface area contributed by atoms with Crippen LogP contribution in [0.1, 0.15) is 45.2 Å². The average molecular weight is 614 g/mol. The summed E-state index contributed by atoms with van der Waals surface area (Å²) in [5.74, 6) is -0.263. The van der Waals surface area contributed by atoms with Gasteiger partial charge in [-0.05, 0) is 68.1 Å². The minimum absolute atomic E-state index is 0.0297. The van der Waals surface area contributed by atoms with Crippen molar-refractivity contribution in [3.63, 3.8) is 0 Å². The third-order valence-corrected chi connectivity index (χ3v) is 8.65. The quantitative estimate of drug-likeness (QED) is 0.247. The van der Waals surface area contributed by atoms with Crippen molar-refractivity contribution in [2.75, 3.05) is 24.0 Å². The first-order valence-electron chi connectivity index (χ1n) is 14.1. The predicted molar refractivity (Wildman–Crippen MR) is 167 cm³/mol. The van der Waals surface area contributed by atoms with Crippen LogP contribution in [0.2, 0.25) is 5.02 Å². The maximum atomic E-state index is 14.2. The van der Waals surface area contributed by atoms with E-state index in [1.807, 2.05) is 52.0 Å². The highest BCUT2D eigenvalue weighted by molar-refractivity contribution is 7.92. The van der Waals surface area contributed by atoms with Crippen molar-refractivity contribution in [1.29, 1.82) is 0 Å². The van der Waals surface area contributed by atoms with E-state index >= 15 is 0 Å². The first-order chi connectivity index (χ1) is 20.0. The Morgan fingerprint density at radius 2 is 1.67 bits per heavy atom. The maximum Gasteiger partial charge on any atom is 0.264 e. The van der Waals surface area contributed by atoms with E-state index in [2.05, 4.69) is 5.32 Å². The fourth-order valence-electron chi connectivity index (χ4n) is 4.54. The van der Waals surface area contributed by atoms with Gasteiger partial charge in [0, 0.05) is 18.1 Å². The molecule has 3 aromatic carbocycles. The Labute approximate surface area is 254 Å². The van der Waals surface area contributed by atoms with E-state index in [-0.39, 0.29) is 29.0 Å². The molecule has 0 saturated carbocycles. The summed E-state index contributed by atoms with van der Waals surface area (Å²) in [4.78, 5) is 29.0. The van der Waals surface area contributed by atoms with Crippen LogP contribution >= 0.6 is 11.6 Å². The summed E-state index contributed by atoms with van der Waals surface area (Å²) in [5.41, 5.74) is 2.06. The van der Waals surface area contributed by atoms with Crippen LogP contribution in [0.4, 0.5) is 5.69 Å². The van der Waals surface area contributed by atoms with E-state index in [1.54, 1.807) is 31.2 Å². The van der Waals surface area contributed by atoms with Crippen molar-refractivity contribution < 1.29 is 22.7 Å². The molecule has 0 aliphatic rings. The Morgan fingerprint density at radius 3 is 2.29 bits per heavy atom. The molecule has 1 unspecified atom stereocenters. The molecule has 0 aliphatic heterocycles. The number of carbonyl (C=O) groups is 2. The number of hydrogen-bond acceptors (Lipinski definition) is 5. The number of rotatable bonds is 14. The van der Waals surface area contributed by atoms with Crippen molar-refractivity contribution in [3.8, 4) is 5.75 Å². The van der Waals surface area contributed by atoms with E-state index in [0.717, 1.165) is 15.4 Å². The summed E-state index contributed by atoms with van der Waals surface area (Å²) in [6, 6.07) is 19.3. The molecule has 1 N–H and O–H groups in total. The Hall–Kier alpha value is -3.56. The van der Waals surface area contributed by atoms with Crippen LogP contribution in [0.3, 0.4) is 0 Å². The van der Waals surface area contributed by atoms with Gasteiger partial charge >= 0.3 is 0 Å². The number of anilines is 1. The van der Waals surface area contributed by atoms with Gasteiger partial charge < -0.3 is 15.0 Å². The number of aryl methyl sites for hydroxylation is 1. The van der Waals surface area contributed by atoms with Crippen LogP contribution in [0.25, 0.3) is 0 Å². The number of benzene rings is 3. The molecule has 3 rings (SSSR count). The van der Waals surface area contributed by atoms with Gasteiger partial charge in [-0.2, -0.15) is 0 Å². The van der Waals surface area contributed by atoms with Gasteiger partial charge in [-0.1, -0.05) is 74.3 Å². The second kappa shape index (κ2) is 15.1. The summed E-state index contributed by atoms with van der Waals surface area (Å²) in [6.45, 7) is 9.92. The second-order valence-corrected chi connectivity index (χ2v) is 12.7. The van der Waals surface area contributed by atoms with Gasteiger partial charge in [-0.15, -0.1) is 0 Å². The summed E-state index contributed by atoms with van der Waals surface area (Å²) >= 11 is 6.04. The van der Waals surface area contributed by atoms with Crippen molar-refractivity contribution in [1.82, 2.24) is 10.2 Å². The highest BCUT2D eigenvalue weighted by Gasteiger charge is 2.34. The molecular weight excluding hydrogens is 574 g/mol. The molecular formula is C32H40ClN3O5S. The molecule has 2 amide bonds. The van der Waals surface area contributed by atoms with Gasteiger partial charge in [-0.3, -0.25) is 13.9 Å². The van der Waals surface area contributed by atoms with E-state index in [1.165, 1.54) is 29.2 Å². The number of nitrogens with zero attached hydrogens (tertiary/aromatic N) is 2. The number of ether oxygens (including phenoxy) is 1. The topological polar surface area (TPSA) is 96.0 Å². The molecule has 0 fully saturated rings. The first kappa shape index (κ1) is 32.9. The second-order valence-electron chi connectivity index (χ2n) is 10.4. The third-order valence-electron chi connectivity index (χ3n) is 6.62. The molecule has 10 heteroatoms. The minimum Gasteiger partial charge on any atom is -0.492 e. The average Bonchev–Trinajstić information content (AvgIpc) is 2.95. The SMILES string of the molecule is CCOc1ccccc1N(CC(=O)N(Cc1cccc(C)c1)C(CC)C(=O)NCC(C)C)S(=O)(=O)c1ccc(Cl)cc1. The molecule has 42 heavy (non-hydrogen) atoms. The highest BCUT2D eigenvalue weighted by Crippen LogP contribution is 2.33. The van der Waals surface area contributed by atoms with Gasteiger partial charge in [0.1, 0.15) is 18.3 Å². The lowest BCUT2D eigenvalue weighted by atomic mass is 10.1. The molecule has 0 aliphatic carbocycles. The lowest BCUT2D eigenvalue weighted by molar-refractivity contribution is -0.140. The molecule has 226 valence electrons. The zero-order valence-corrected chi connectivity index (χ0v) is 26.4. The maximum absolute atomic E-state index is 14.2. The van der Waals surface area contributed by atoms with E-state index in [9.17, 15) is 18.0 Å². The Balaban J connectivity index is 2.10. The molecule has 3 aromatic rings. The van der Waals surface area contributed by atoms with Gasteiger partial charge in [0.2, 0.25) is 11.8 Å². The minimum atomic E-state index is -4.25. The fourth-order valence-corrected chi connectivity index (χ4v) is 6.09. The predicted octanol–water partition coefficient (Wildman–Crippen LogP) is 5.82. The molecule has 8 nitrogen and oxygen atoms in total. The van der Waals surface area contributed by atoms with Crippen molar-refractivity contribution in [3.05, 3.63) is 88.9 Å². The van der Waals surface area contributed by atoms with Gasteiger partial charge in [0.15, 0.2) is 0 Å². The van der Waals surface area contributed by atoms with Gasteiger partial charge in [-0.25, -0.2) is 8.42 Å². The highest BCUT2D eigenvalue weighted by atomic mass is 35.5.